The van der Waals surface area contributed by atoms with Crippen molar-refractivity contribution in [3.05, 3.63) is 16.0 Å². The molecule has 4 nitrogen and oxygen atoms in total. The fraction of sp³-hybridized carbons (Fsp3) is 0.700. The van der Waals surface area contributed by atoms with Crippen LogP contribution in [0, 0.1) is 17.8 Å². The molecule has 0 spiro atoms. The third-order valence-corrected chi connectivity index (χ3v) is 7.24. The molecule has 2 saturated carbocycles. The van der Waals surface area contributed by atoms with Gasteiger partial charge in [0, 0.05) is 10.8 Å². The van der Waals surface area contributed by atoms with Crippen LogP contribution in [0.4, 0.5) is 5.00 Å². The Hall–Kier alpha value is -1.36. The number of anilines is 1. The van der Waals surface area contributed by atoms with Crippen LogP contribution in [0.15, 0.2) is 0 Å². The number of thiophene rings is 1. The summed E-state index contributed by atoms with van der Waals surface area (Å²) in [5.41, 5.74) is 1.75. The van der Waals surface area contributed by atoms with Crippen LogP contribution in [-0.2, 0) is 22.4 Å². The number of fused-ring (bicyclic) bond motifs is 3. The Bertz CT molecular complexity index is 693. The molecule has 1 aromatic heterocycles. The zero-order valence-electron chi connectivity index (χ0n) is 15.1. The van der Waals surface area contributed by atoms with Gasteiger partial charge in [0.2, 0.25) is 5.91 Å². The van der Waals surface area contributed by atoms with Crippen molar-refractivity contribution in [1.82, 2.24) is 0 Å². The van der Waals surface area contributed by atoms with E-state index in [0.29, 0.717) is 11.5 Å². The van der Waals surface area contributed by atoms with E-state index < -0.39 is 0 Å². The second-order valence-corrected chi connectivity index (χ2v) is 9.24. The second-order valence-electron chi connectivity index (χ2n) is 8.14. The first kappa shape index (κ1) is 17.1. The molecule has 0 aliphatic heterocycles. The molecular formula is C20H27NO3S. The summed E-state index contributed by atoms with van der Waals surface area (Å²) in [5, 5.41) is 3.85. The molecule has 0 aromatic carbocycles. The minimum atomic E-state index is -0.280. The van der Waals surface area contributed by atoms with Crippen LogP contribution >= 0.6 is 11.3 Å². The van der Waals surface area contributed by atoms with Crippen LogP contribution in [0.1, 0.15) is 73.2 Å². The Morgan fingerprint density at radius 1 is 1.16 bits per heavy atom. The highest BCUT2D eigenvalue weighted by Gasteiger charge is 2.43. The van der Waals surface area contributed by atoms with Crippen LogP contribution in [0.2, 0.25) is 0 Å². The molecule has 0 radical (unpaired) electrons. The topological polar surface area (TPSA) is 55.4 Å². The number of ether oxygens (including phenoxy) is 1. The Kier molecular flexibility index (Phi) is 4.61. The fourth-order valence-corrected chi connectivity index (χ4v) is 6.19. The first-order valence-corrected chi connectivity index (χ1v) is 10.5. The summed E-state index contributed by atoms with van der Waals surface area (Å²) in [6.07, 6.45) is 8.73. The molecule has 3 aliphatic rings. The SMILES string of the molecule is CC(C)OC(=O)c1c(NC(=O)[C@H]2C[C@H]3CC[C@@H]2C3)sc2c1CCCC2. The van der Waals surface area contributed by atoms with E-state index in [-0.39, 0.29) is 23.9 Å². The van der Waals surface area contributed by atoms with E-state index in [0.717, 1.165) is 48.6 Å². The molecule has 2 bridgehead atoms. The van der Waals surface area contributed by atoms with Gasteiger partial charge in [0.15, 0.2) is 0 Å². The lowest BCUT2D eigenvalue weighted by molar-refractivity contribution is -0.121. The monoisotopic (exact) mass is 361 g/mol. The van der Waals surface area contributed by atoms with Gasteiger partial charge in [0.25, 0.3) is 0 Å². The maximum atomic E-state index is 12.9. The number of esters is 1. The van der Waals surface area contributed by atoms with Gasteiger partial charge in [-0.2, -0.15) is 0 Å². The predicted molar refractivity (Wildman–Crippen MR) is 99.1 cm³/mol. The molecule has 0 saturated heterocycles. The van der Waals surface area contributed by atoms with Crippen molar-refractivity contribution in [2.24, 2.45) is 17.8 Å². The molecular weight excluding hydrogens is 334 g/mol. The minimum Gasteiger partial charge on any atom is -0.459 e. The quantitative estimate of drug-likeness (QED) is 0.800. The maximum Gasteiger partial charge on any atom is 0.341 e. The highest BCUT2D eigenvalue weighted by Crippen LogP contribution is 2.49. The van der Waals surface area contributed by atoms with Gasteiger partial charge in [-0.3, -0.25) is 4.79 Å². The summed E-state index contributed by atoms with van der Waals surface area (Å²) in [4.78, 5) is 26.8. The Morgan fingerprint density at radius 3 is 2.64 bits per heavy atom. The van der Waals surface area contributed by atoms with Crippen LogP contribution in [-0.4, -0.2) is 18.0 Å². The van der Waals surface area contributed by atoms with Crippen molar-refractivity contribution in [3.63, 3.8) is 0 Å². The number of carbonyl (C=O) groups excluding carboxylic acids is 2. The summed E-state index contributed by atoms with van der Waals surface area (Å²) in [5.74, 6) is 1.25. The molecule has 1 aromatic rings. The van der Waals surface area contributed by atoms with E-state index in [2.05, 4.69) is 5.32 Å². The van der Waals surface area contributed by atoms with E-state index >= 15 is 0 Å². The van der Waals surface area contributed by atoms with Gasteiger partial charge in [-0.05, 0) is 76.2 Å². The lowest BCUT2D eigenvalue weighted by Crippen LogP contribution is -2.27. The van der Waals surface area contributed by atoms with E-state index in [1.54, 1.807) is 11.3 Å². The lowest BCUT2D eigenvalue weighted by Gasteiger charge is -2.20. The van der Waals surface area contributed by atoms with Crippen LogP contribution in [0.25, 0.3) is 0 Å². The van der Waals surface area contributed by atoms with Gasteiger partial charge in [0.05, 0.1) is 11.7 Å². The summed E-state index contributed by atoms with van der Waals surface area (Å²) in [6, 6.07) is 0. The second kappa shape index (κ2) is 6.75. The molecule has 136 valence electrons. The van der Waals surface area contributed by atoms with Crippen molar-refractivity contribution in [2.75, 3.05) is 5.32 Å². The van der Waals surface area contributed by atoms with Gasteiger partial charge in [-0.1, -0.05) is 6.42 Å². The standard InChI is InChI=1S/C20H27NO3S/c1-11(2)24-20(23)17-14-5-3-4-6-16(14)25-19(17)21-18(22)15-10-12-7-8-13(15)9-12/h11-13,15H,3-10H2,1-2H3,(H,21,22)/t12-,13+,15-/m0/s1. The molecule has 2 fully saturated rings. The highest BCUT2D eigenvalue weighted by atomic mass is 32.1. The van der Waals surface area contributed by atoms with Gasteiger partial charge in [-0.15, -0.1) is 11.3 Å². The molecule has 25 heavy (non-hydrogen) atoms. The number of hydrogen-bond acceptors (Lipinski definition) is 4. The molecule has 3 aliphatic carbocycles. The molecule has 1 N–H and O–H groups in total. The van der Waals surface area contributed by atoms with Gasteiger partial charge in [0.1, 0.15) is 5.00 Å². The zero-order valence-corrected chi connectivity index (χ0v) is 15.9. The molecule has 0 unspecified atom stereocenters. The van der Waals surface area contributed by atoms with Crippen LogP contribution < -0.4 is 5.32 Å². The van der Waals surface area contributed by atoms with E-state index in [1.165, 1.54) is 24.1 Å². The Balaban J connectivity index is 1.58. The molecule has 1 amide bonds. The number of carbonyl (C=O) groups is 2. The summed E-state index contributed by atoms with van der Waals surface area (Å²) in [6.45, 7) is 3.73. The van der Waals surface area contributed by atoms with E-state index in [9.17, 15) is 9.59 Å². The number of rotatable bonds is 4. The smallest absolute Gasteiger partial charge is 0.341 e. The third-order valence-electron chi connectivity index (χ3n) is 6.03. The van der Waals surface area contributed by atoms with Crippen molar-refractivity contribution in [1.29, 1.82) is 0 Å². The summed E-state index contributed by atoms with van der Waals surface area (Å²) < 4.78 is 5.47. The van der Waals surface area contributed by atoms with Gasteiger partial charge < -0.3 is 10.1 Å². The molecule has 4 rings (SSSR count). The summed E-state index contributed by atoms with van der Waals surface area (Å²) >= 11 is 1.59. The van der Waals surface area contributed by atoms with Crippen molar-refractivity contribution >= 4 is 28.2 Å². The Morgan fingerprint density at radius 2 is 1.96 bits per heavy atom. The van der Waals surface area contributed by atoms with E-state index in [1.807, 2.05) is 13.8 Å². The largest absolute Gasteiger partial charge is 0.459 e. The molecule has 1 heterocycles. The van der Waals surface area contributed by atoms with Crippen LogP contribution in [0.5, 0.6) is 0 Å². The lowest BCUT2D eigenvalue weighted by atomic mass is 9.88. The zero-order chi connectivity index (χ0) is 17.6. The average Bonchev–Trinajstić information content (AvgIpc) is 3.27. The van der Waals surface area contributed by atoms with Crippen molar-refractivity contribution in [2.45, 2.75) is 71.3 Å². The van der Waals surface area contributed by atoms with Crippen molar-refractivity contribution < 1.29 is 14.3 Å². The minimum absolute atomic E-state index is 0.115. The predicted octanol–water partition coefficient (Wildman–Crippen LogP) is 4.57. The number of nitrogens with one attached hydrogen (secondary N) is 1. The first-order chi connectivity index (χ1) is 12.0. The summed E-state index contributed by atoms with van der Waals surface area (Å²) in [7, 11) is 0. The third kappa shape index (κ3) is 3.23. The van der Waals surface area contributed by atoms with E-state index in [4.69, 9.17) is 4.74 Å². The van der Waals surface area contributed by atoms with Crippen LogP contribution in [0.3, 0.4) is 0 Å². The van der Waals surface area contributed by atoms with Gasteiger partial charge >= 0.3 is 5.97 Å². The fourth-order valence-electron chi connectivity index (χ4n) is 4.91. The van der Waals surface area contributed by atoms with Gasteiger partial charge in [-0.25, -0.2) is 4.79 Å². The average molecular weight is 362 g/mol. The van der Waals surface area contributed by atoms with Crippen molar-refractivity contribution in [3.8, 4) is 0 Å². The number of aryl methyl sites for hydroxylation is 1. The highest BCUT2D eigenvalue weighted by molar-refractivity contribution is 7.17. The number of amides is 1. The number of hydrogen-bond donors (Lipinski definition) is 1. The maximum absolute atomic E-state index is 12.9. The normalized spacial score (nSPS) is 27.4. The Labute approximate surface area is 153 Å². The molecule has 3 atom stereocenters. The first-order valence-electron chi connectivity index (χ1n) is 9.69. The molecule has 5 heteroatoms.